The lowest BCUT2D eigenvalue weighted by molar-refractivity contribution is -0.139. The highest BCUT2D eigenvalue weighted by Gasteiger charge is 2.24. The van der Waals surface area contributed by atoms with Crippen LogP contribution in [0.4, 0.5) is 4.79 Å². The van der Waals surface area contributed by atoms with Crippen LogP contribution in [0.1, 0.15) is 24.9 Å². The molecule has 1 heterocycles. The molecular weight excluding hydrogens is 264 g/mol. The van der Waals surface area contributed by atoms with Crippen LogP contribution >= 0.6 is 0 Å². The van der Waals surface area contributed by atoms with Crippen molar-refractivity contribution < 1.29 is 19.4 Å². The number of nitrogens with zero attached hydrogens (tertiary/aromatic N) is 2. The van der Waals surface area contributed by atoms with Crippen molar-refractivity contribution in [1.29, 1.82) is 0 Å². The number of methoxy groups -OCH3 is 1. The summed E-state index contributed by atoms with van der Waals surface area (Å²) in [5, 5.41) is 18.1. The van der Waals surface area contributed by atoms with Gasteiger partial charge in [-0.3, -0.25) is 4.68 Å². The van der Waals surface area contributed by atoms with Crippen LogP contribution in [-0.4, -0.2) is 46.6 Å². The SMILES string of the molecule is CCC(COC)NC(=O)NC(C(=O)O)c1cnn(C)c1. The van der Waals surface area contributed by atoms with E-state index in [-0.39, 0.29) is 6.04 Å². The third-order valence-electron chi connectivity index (χ3n) is 2.78. The van der Waals surface area contributed by atoms with E-state index >= 15 is 0 Å². The standard InChI is InChI=1S/C12H20N4O4/c1-4-9(7-20-3)14-12(19)15-10(11(17)18)8-5-13-16(2)6-8/h5-6,9-10H,4,7H2,1-3H3,(H,17,18)(H2,14,15,19). The molecule has 0 bridgehead atoms. The number of rotatable bonds is 7. The number of aliphatic carboxylic acids is 1. The maximum Gasteiger partial charge on any atom is 0.331 e. The average molecular weight is 284 g/mol. The van der Waals surface area contributed by atoms with Gasteiger partial charge < -0.3 is 20.5 Å². The van der Waals surface area contributed by atoms with E-state index in [4.69, 9.17) is 4.74 Å². The van der Waals surface area contributed by atoms with Crippen LogP contribution in [0.3, 0.4) is 0 Å². The molecule has 8 heteroatoms. The highest BCUT2D eigenvalue weighted by atomic mass is 16.5. The fourth-order valence-electron chi connectivity index (χ4n) is 1.70. The fraction of sp³-hybridized carbons (Fsp3) is 0.583. The zero-order valence-electron chi connectivity index (χ0n) is 11.8. The van der Waals surface area contributed by atoms with Gasteiger partial charge in [0.2, 0.25) is 0 Å². The number of aromatic nitrogens is 2. The van der Waals surface area contributed by atoms with E-state index in [2.05, 4.69) is 15.7 Å². The Kier molecular flexibility index (Phi) is 5.98. The van der Waals surface area contributed by atoms with Crippen LogP contribution in [0.15, 0.2) is 12.4 Å². The van der Waals surface area contributed by atoms with E-state index in [9.17, 15) is 14.7 Å². The molecule has 2 atom stereocenters. The number of aryl methyl sites for hydroxylation is 1. The molecule has 8 nitrogen and oxygen atoms in total. The first-order valence-corrected chi connectivity index (χ1v) is 6.25. The Hall–Kier alpha value is -2.09. The van der Waals surface area contributed by atoms with Crippen molar-refractivity contribution >= 4 is 12.0 Å². The van der Waals surface area contributed by atoms with E-state index in [1.54, 1.807) is 13.2 Å². The van der Waals surface area contributed by atoms with Gasteiger partial charge >= 0.3 is 12.0 Å². The molecule has 1 aromatic heterocycles. The molecule has 112 valence electrons. The minimum Gasteiger partial charge on any atom is -0.479 e. The van der Waals surface area contributed by atoms with E-state index in [0.29, 0.717) is 18.6 Å². The summed E-state index contributed by atoms with van der Waals surface area (Å²) in [6, 6.07) is -1.85. The summed E-state index contributed by atoms with van der Waals surface area (Å²) in [6.45, 7) is 2.27. The van der Waals surface area contributed by atoms with Crippen molar-refractivity contribution in [3.8, 4) is 0 Å². The lowest BCUT2D eigenvalue weighted by Gasteiger charge is -2.19. The number of nitrogens with one attached hydrogen (secondary N) is 2. The van der Waals surface area contributed by atoms with Gasteiger partial charge in [0.15, 0.2) is 6.04 Å². The summed E-state index contributed by atoms with van der Waals surface area (Å²) < 4.78 is 6.44. The van der Waals surface area contributed by atoms with Gasteiger partial charge in [0.25, 0.3) is 0 Å². The summed E-state index contributed by atoms with van der Waals surface area (Å²) in [5.74, 6) is -1.15. The zero-order valence-corrected chi connectivity index (χ0v) is 11.8. The second-order valence-electron chi connectivity index (χ2n) is 4.40. The molecular formula is C12H20N4O4. The molecule has 2 unspecified atom stereocenters. The predicted molar refractivity (Wildman–Crippen MR) is 71.2 cm³/mol. The Morgan fingerprint density at radius 1 is 1.50 bits per heavy atom. The van der Waals surface area contributed by atoms with Crippen molar-refractivity contribution in [2.75, 3.05) is 13.7 Å². The normalized spacial score (nSPS) is 13.6. The molecule has 2 amide bonds. The number of ether oxygens (including phenoxy) is 1. The van der Waals surface area contributed by atoms with Gasteiger partial charge in [-0.15, -0.1) is 0 Å². The maximum atomic E-state index is 11.8. The van der Waals surface area contributed by atoms with Crippen molar-refractivity contribution in [2.45, 2.75) is 25.4 Å². The predicted octanol–water partition coefficient (Wildman–Crippen LogP) is 0.270. The van der Waals surface area contributed by atoms with E-state index in [1.165, 1.54) is 18.0 Å². The number of amides is 2. The summed E-state index contributed by atoms with van der Waals surface area (Å²) >= 11 is 0. The first-order chi connectivity index (χ1) is 9.47. The van der Waals surface area contributed by atoms with Gasteiger partial charge in [-0.2, -0.15) is 5.10 Å². The lowest BCUT2D eigenvalue weighted by atomic mass is 10.1. The largest absolute Gasteiger partial charge is 0.479 e. The first-order valence-electron chi connectivity index (χ1n) is 6.25. The first kappa shape index (κ1) is 16.0. The van der Waals surface area contributed by atoms with E-state index in [0.717, 1.165) is 0 Å². The topological polar surface area (TPSA) is 105 Å². The van der Waals surface area contributed by atoms with E-state index in [1.807, 2.05) is 6.92 Å². The van der Waals surface area contributed by atoms with Gasteiger partial charge in [-0.25, -0.2) is 9.59 Å². The Bertz CT molecular complexity index is 460. The molecule has 0 radical (unpaired) electrons. The smallest absolute Gasteiger partial charge is 0.331 e. The third kappa shape index (κ3) is 4.54. The molecule has 0 aliphatic rings. The maximum absolute atomic E-state index is 11.8. The van der Waals surface area contributed by atoms with Gasteiger partial charge in [-0.05, 0) is 6.42 Å². The third-order valence-corrected chi connectivity index (χ3v) is 2.78. The van der Waals surface area contributed by atoms with Crippen LogP contribution in [0, 0.1) is 0 Å². The molecule has 1 aromatic rings. The monoisotopic (exact) mass is 284 g/mol. The quantitative estimate of drug-likeness (QED) is 0.666. The van der Waals surface area contributed by atoms with Gasteiger partial charge in [0.05, 0.1) is 18.8 Å². The lowest BCUT2D eigenvalue weighted by Crippen LogP contribution is -2.46. The van der Waals surface area contributed by atoms with Gasteiger partial charge in [-0.1, -0.05) is 6.92 Å². The number of carboxylic acid groups (broad SMARTS) is 1. The molecule has 20 heavy (non-hydrogen) atoms. The number of hydrogen-bond donors (Lipinski definition) is 3. The number of carboxylic acids is 1. The Labute approximate surface area is 117 Å². The Morgan fingerprint density at radius 2 is 2.20 bits per heavy atom. The molecule has 0 saturated carbocycles. The summed E-state index contributed by atoms with van der Waals surface area (Å²) in [5.41, 5.74) is 0.412. The molecule has 3 N–H and O–H groups in total. The van der Waals surface area contributed by atoms with Crippen LogP contribution in [0.2, 0.25) is 0 Å². The summed E-state index contributed by atoms with van der Waals surface area (Å²) in [7, 11) is 3.21. The minimum atomic E-state index is -1.15. The number of carbonyl (C=O) groups is 2. The zero-order chi connectivity index (χ0) is 15.1. The molecule has 0 saturated heterocycles. The number of hydrogen-bond acceptors (Lipinski definition) is 4. The molecule has 0 aromatic carbocycles. The Balaban J connectivity index is 2.66. The molecule has 0 aliphatic carbocycles. The second-order valence-corrected chi connectivity index (χ2v) is 4.40. The molecule has 0 fully saturated rings. The van der Waals surface area contributed by atoms with Crippen molar-refractivity contribution in [3.63, 3.8) is 0 Å². The minimum absolute atomic E-state index is 0.164. The molecule has 1 rings (SSSR count). The van der Waals surface area contributed by atoms with Crippen LogP contribution in [0.5, 0.6) is 0 Å². The highest BCUT2D eigenvalue weighted by molar-refractivity contribution is 5.83. The Morgan fingerprint density at radius 3 is 2.65 bits per heavy atom. The van der Waals surface area contributed by atoms with Crippen molar-refractivity contribution in [3.05, 3.63) is 18.0 Å². The fourth-order valence-corrected chi connectivity index (χ4v) is 1.70. The van der Waals surface area contributed by atoms with Crippen molar-refractivity contribution in [2.24, 2.45) is 7.05 Å². The van der Waals surface area contributed by atoms with Gasteiger partial charge in [0.1, 0.15) is 0 Å². The summed E-state index contributed by atoms with van der Waals surface area (Å²) in [4.78, 5) is 23.0. The average Bonchev–Trinajstić information content (AvgIpc) is 2.81. The highest BCUT2D eigenvalue weighted by Crippen LogP contribution is 2.11. The molecule has 0 spiro atoms. The molecule has 0 aliphatic heterocycles. The van der Waals surface area contributed by atoms with Crippen molar-refractivity contribution in [1.82, 2.24) is 20.4 Å². The van der Waals surface area contributed by atoms with Gasteiger partial charge in [0, 0.05) is 25.9 Å². The second kappa shape index (κ2) is 7.49. The van der Waals surface area contributed by atoms with E-state index < -0.39 is 18.0 Å². The summed E-state index contributed by atoms with van der Waals surface area (Å²) in [6.07, 6.45) is 3.64. The number of urea groups is 1. The van der Waals surface area contributed by atoms with Crippen LogP contribution in [-0.2, 0) is 16.6 Å². The van der Waals surface area contributed by atoms with Crippen LogP contribution < -0.4 is 10.6 Å². The number of carbonyl (C=O) groups excluding carboxylic acids is 1. The van der Waals surface area contributed by atoms with Crippen LogP contribution in [0.25, 0.3) is 0 Å².